The van der Waals surface area contributed by atoms with Crippen molar-refractivity contribution >= 4 is 22.9 Å². The zero-order valence-electron chi connectivity index (χ0n) is 15.9. The molecular weight excluding hydrogens is 328 g/mol. The second-order valence-electron chi connectivity index (χ2n) is 7.65. The van der Waals surface area contributed by atoms with E-state index in [1.165, 1.54) is 22.3 Å². The maximum absolute atomic E-state index is 9.03. The van der Waals surface area contributed by atoms with Gasteiger partial charge in [0.05, 0.1) is 11.6 Å². The number of fused-ring (bicyclic) bond motifs is 2. The largest absolute Gasteiger partial charge is 0.309 e. The van der Waals surface area contributed by atoms with Crippen LogP contribution in [-0.4, -0.2) is 6.54 Å². The highest BCUT2D eigenvalue weighted by Crippen LogP contribution is 2.30. The van der Waals surface area contributed by atoms with E-state index in [2.05, 4.69) is 73.8 Å². The van der Waals surface area contributed by atoms with Crippen LogP contribution in [0.3, 0.4) is 0 Å². The molecule has 0 aromatic heterocycles. The van der Waals surface area contributed by atoms with E-state index in [0.29, 0.717) is 17.5 Å². The fourth-order valence-electron chi connectivity index (χ4n) is 3.93. The van der Waals surface area contributed by atoms with Gasteiger partial charge >= 0.3 is 0 Å². The Kier molecular flexibility index (Phi) is 4.79. The minimum Gasteiger partial charge on any atom is -0.309 e. The van der Waals surface area contributed by atoms with Crippen LogP contribution in [0.25, 0.3) is 22.9 Å². The Balaban J connectivity index is 1.62. The normalized spacial score (nSPS) is 16.6. The quantitative estimate of drug-likeness (QED) is 0.612. The molecule has 0 radical (unpaired) electrons. The van der Waals surface area contributed by atoms with Gasteiger partial charge < -0.3 is 5.32 Å². The molecule has 27 heavy (non-hydrogen) atoms. The van der Waals surface area contributed by atoms with E-state index in [1.807, 2.05) is 18.2 Å². The van der Waals surface area contributed by atoms with Gasteiger partial charge in [-0.1, -0.05) is 56.3 Å². The third kappa shape index (κ3) is 3.65. The first-order chi connectivity index (χ1) is 13.1. The molecule has 0 fully saturated rings. The minimum absolute atomic E-state index is 0.442. The van der Waals surface area contributed by atoms with Crippen LogP contribution in [0, 0.1) is 17.2 Å². The summed E-state index contributed by atoms with van der Waals surface area (Å²) in [5.74, 6) is 0.585. The molecule has 0 aliphatic carbocycles. The average Bonchev–Trinajstić information content (AvgIpc) is 2.71. The van der Waals surface area contributed by atoms with E-state index >= 15 is 0 Å². The average molecular weight is 352 g/mol. The van der Waals surface area contributed by atoms with E-state index in [9.17, 15) is 0 Å². The second-order valence-corrected chi connectivity index (χ2v) is 7.65. The molecule has 1 unspecified atom stereocenters. The fraction of sp³-hybridized carbons (Fsp3) is 0.240. The van der Waals surface area contributed by atoms with E-state index in [0.717, 1.165) is 23.7 Å². The van der Waals surface area contributed by atoms with Crippen molar-refractivity contribution in [3.63, 3.8) is 0 Å². The molecule has 1 N–H and O–H groups in total. The van der Waals surface area contributed by atoms with E-state index < -0.39 is 0 Å². The summed E-state index contributed by atoms with van der Waals surface area (Å²) in [5.41, 5.74) is 6.03. The fourth-order valence-corrected chi connectivity index (χ4v) is 3.93. The minimum atomic E-state index is 0.442. The molecule has 1 heterocycles. The van der Waals surface area contributed by atoms with Crippen LogP contribution in [0.4, 0.5) is 0 Å². The van der Waals surface area contributed by atoms with Crippen molar-refractivity contribution in [3.8, 4) is 6.07 Å². The van der Waals surface area contributed by atoms with Crippen molar-refractivity contribution in [2.24, 2.45) is 5.92 Å². The van der Waals surface area contributed by atoms with Crippen LogP contribution >= 0.6 is 0 Å². The van der Waals surface area contributed by atoms with Gasteiger partial charge in [0.2, 0.25) is 0 Å². The molecule has 4 rings (SSSR count). The third-order valence-corrected chi connectivity index (χ3v) is 5.39. The third-order valence-electron chi connectivity index (χ3n) is 5.39. The predicted molar refractivity (Wildman–Crippen MR) is 113 cm³/mol. The number of hydrogen-bond acceptors (Lipinski definition) is 2. The molecule has 1 aliphatic rings. The van der Waals surface area contributed by atoms with Crippen molar-refractivity contribution in [1.82, 2.24) is 5.32 Å². The highest BCUT2D eigenvalue weighted by atomic mass is 14.9. The predicted octanol–water partition coefficient (Wildman–Crippen LogP) is 5.72. The summed E-state index contributed by atoms with van der Waals surface area (Å²) in [7, 11) is 0. The van der Waals surface area contributed by atoms with Gasteiger partial charge in [-0.15, -0.1) is 0 Å². The van der Waals surface area contributed by atoms with Gasteiger partial charge in [-0.3, -0.25) is 0 Å². The topological polar surface area (TPSA) is 35.8 Å². The van der Waals surface area contributed by atoms with E-state index in [-0.39, 0.29) is 0 Å². The smallest absolute Gasteiger partial charge is 0.0991 e. The molecular formula is C25H24N2. The maximum atomic E-state index is 9.03. The Morgan fingerprint density at radius 1 is 0.963 bits per heavy atom. The Morgan fingerprint density at radius 3 is 2.44 bits per heavy atom. The number of hydrogen-bond donors (Lipinski definition) is 1. The highest BCUT2D eigenvalue weighted by molar-refractivity contribution is 5.87. The van der Waals surface area contributed by atoms with Gasteiger partial charge in [-0.2, -0.15) is 5.26 Å². The van der Waals surface area contributed by atoms with Crippen LogP contribution in [-0.2, 0) is 6.42 Å². The van der Waals surface area contributed by atoms with Crippen LogP contribution in [0.2, 0.25) is 0 Å². The van der Waals surface area contributed by atoms with Crippen molar-refractivity contribution in [1.29, 1.82) is 5.26 Å². The number of nitrogens with zero attached hydrogens (tertiary/aromatic N) is 1. The molecule has 0 saturated heterocycles. The lowest BCUT2D eigenvalue weighted by Gasteiger charge is -2.30. The Morgan fingerprint density at radius 2 is 1.67 bits per heavy atom. The van der Waals surface area contributed by atoms with Crippen molar-refractivity contribution in [3.05, 3.63) is 82.4 Å². The van der Waals surface area contributed by atoms with Crippen LogP contribution in [0.5, 0.6) is 0 Å². The zero-order valence-corrected chi connectivity index (χ0v) is 15.9. The summed E-state index contributed by atoms with van der Waals surface area (Å²) in [6.07, 6.45) is 5.47. The number of benzene rings is 3. The standard InChI is InChI=1S/C25H24N2/c1-17(2)25-24-15-19(5-8-21(24)11-12-27-25)4-3-18-6-9-23-14-20(16-26)7-10-22(23)13-18/h3-10,13-15,17,25,27H,11-12H2,1-2H3/b4-3+. The molecule has 1 aliphatic heterocycles. The highest BCUT2D eigenvalue weighted by Gasteiger charge is 2.22. The zero-order chi connectivity index (χ0) is 18.8. The molecule has 0 spiro atoms. The molecule has 2 heteroatoms. The molecule has 1 atom stereocenters. The van der Waals surface area contributed by atoms with Gasteiger partial charge in [-0.05, 0) is 76.2 Å². The van der Waals surface area contributed by atoms with Crippen LogP contribution < -0.4 is 5.32 Å². The van der Waals surface area contributed by atoms with Gasteiger partial charge in [0.1, 0.15) is 0 Å². The summed E-state index contributed by atoms with van der Waals surface area (Å²) < 4.78 is 0. The van der Waals surface area contributed by atoms with Crippen molar-refractivity contribution in [2.45, 2.75) is 26.3 Å². The van der Waals surface area contributed by atoms with Gasteiger partial charge in [0.15, 0.2) is 0 Å². The second kappa shape index (κ2) is 7.39. The first-order valence-corrected chi connectivity index (χ1v) is 9.62. The molecule has 0 saturated carbocycles. The summed E-state index contributed by atoms with van der Waals surface area (Å²) in [5, 5.41) is 15.0. The lowest BCUT2D eigenvalue weighted by molar-refractivity contribution is 0.395. The summed E-state index contributed by atoms with van der Waals surface area (Å²) in [4.78, 5) is 0. The summed E-state index contributed by atoms with van der Waals surface area (Å²) in [6, 6.07) is 21.7. The van der Waals surface area contributed by atoms with Gasteiger partial charge in [-0.25, -0.2) is 0 Å². The summed E-state index contributed by atoms with van der Waals surface area (Å²) in [6.45, 7) is 5.62. The van der Waals surface area contributed by atoms with E-state index in [4.69, 9.17) is 5.26 Å². The van der Waals surface area contributed by atoms with Crippen LogP contribution in [0.15, 0.2) is 54.6 Å². The number of rotatable bonds is 3. The lowest BCUT2D eigenvalue weighted by atomic mass is 9.87. The number of nitrogens with one attached hydrogen (secondary N) is 1. The lowest BCUT2D eigenvalue weighted by Crippen LogP contribution is -2.33. The Hall–Kier alpha value is -2.89. The molecule has 0 amide bonds. The molecule has 2 nitrogen and oxygen atoms in total. The van der Waals surface area contributed by atoms with Crippen molar-refractivity contribution in [2.75, 3.05) is 6.54 Å². The number of nitriles is 1. The Bertz CT molecular complexity index is 1050. The SMILES string of the molecule is CC(C)C1NCCc2ccc(/C=C/c3ccc4cc(C#N)ccc4c3)cc21. The molecule has 3 aromatic carbocycles. The molecule has 134 valence electrons. The Labute approximate surface area is 161 Å². The first kappa shape index (κ1) is 17.5. The van der Waals surface area contributed by atoms with Crippen LogP contribution in [0.1, 0.15) is 47.7 Å². The molecule has 0 bridgehead atoms. The van der Waals surface area contributed by atoms with E-state index in [1.54, 1.807) is 0 Å². The monoisotopic (exact) mass is 352 g/mol. The first-order valence-electron chi connectivity index (χ1n) is 9.62. The maximum Gasteiger partial charge on any atom is 0.0991 e. The summed E-state index contributed by atoms with van der Waals surface area (Å²) >= 11 is 0. The van der Waals surface area contributed by atoms with Crippen molar-refractivity contribution < 1.29 is 0 Å². The van der Waals surface area contributed by atoms with Gasteiger partial charge in [0.25, 0.3) is 0 Å². The molecule has 3 aromatic rings. The van der Waals surface area contributed by atoms with Gasteiger partial charge in [0, 0.05) is 6.04 Å².